The fourth-order valence-electron chi connectivity index (χ4n) is 3.59. The molecule has 0 saturated carbocycles. The summed E-state index contributed by atoms with van der Waals surface area (Å²) in [5.74, 6) is 5.60. The molecule has 172 valence electrons. The zero-order valence-electron chi connectivity index (χ0n) is 18.7. The van der Waals surface area contributed by atoms with Crippen LogP contribution >= 0.6 is 0 Å². The fourth-order valence-corrected chi connectivity index (χ4v) is 5.42. The molecular weight excluding hydrogens is 431 g/mol. The van der Waals surface area contributed by atoms with Crippen molar-refractivity contribution in [2.24, 2.45) is 5.92 Å². The number of rotatable bonds is 4. The number of hydrogen-bond donors (Lipinski definition) is 1. The van der Waals surface area contributed by atoms with Gasteiger partial charge in [-0.3, -0.25) is 0 Å². The maximum absolute atomic E-state index is 13.4. The normalized spacial score (nSPS) is 21.5. The summed E-state index contributed by atoms with van der Waals surface area (Å²) in [6.07, 6.45) is -0.265. The van der Waals surface area contributed by atoms with Gasteiger partial charge in [-0.1, -0.05) is 24.8 Å². The smallest absolute Gasteiger partial charge is 0.247 e. The van der Waals surface area contributed by atoms with Gasteiger partial charge in [0, 0.05) is 36.2 Å². The highest BCUT2D eigenvalue weighted by Gasteiger charge is 2.37. The van der Waals surface area contributed by atoms with Gasteiger partial charge in [-0.15, -0.1) is 0 Å². The quantitative estimate of drug-likeness (QED) is 0.711. The SMILES string of the molecule is C[C@@H]1CN([C@H](C)CO)S(=O)(=O)c2ccc(C#Cc3cccc(F)c3)cc2O[C@@H]1CN(C)C. The molecule has 0 radical (unpaired) electrons. The minimum absolute atomic E-state index is 0.0461. The largest absolute Gasteiger partial charge is 0.487 e. The first kappa shape index (κ1) is 24.2. The Morgan fingerprint density at radius 1 is 1.22 bits per heavy atom. The maximum atomic E-state index is 13.4. The van der Waals surface area contributed by atoms with E-state index in [1.165, 1.54) is 22.5 Å². The van der Waals surface area contributed by atoms with Crippen molar-refractivity contribution >= 4 is 10.0 Å². The van der Waals surface area contributed by atoms with Crippen LogP contribution in [0.1, 0.15) is 25.0 Å². The third kappa shape index (κ3) is 5.48. The summed E-state index contributed by atoms with van der Waals surface area (Å²) in [6.45, 7) is 4.19. The Morgan fingerprint density at radius 3 is 2.53 bits per heavy atom. The number of halogens is 1. The predicted octanol–water partition coefficient (Wildman–Crippen LogP) is 2.56. The number of benzene rings is 2. The molecule has 32 heavy (non-hydrogen) atoms. The van der Waals surface area contributed by atoms with Crippen LogP contribution in [-0.4, -0.2) is 68.7 Å². The number of ether oxygens (including phenoxy) is 1. The van der Waals surface area contributed by atoms with Gasteiger partial charge in [-0.2, -0.15) is 4.31 Å². The van der Waals surface area contributed by atoms with Gasteiger partial charge >= 0.3 is 0 Å². The summed E-state index contributed by atoms with van der Waals surface area (Å²) >= 11 is 0. The lowest BCUT2D eigenvalue weighted by Gasteiger charge is -2.37. The minimum atomic E-state index is -3.89. The molecule has 0 spiro atoms. The fraction of sp³-hybridized carbons (Fsp3) is 0.417. The third-order valence-corrected chi connectivity index (χ3v) is 7.41. The molecule has 0 aliphatic carbocycles. The van der Waals surface area contributed by atoms with Gasteiger partial charge in [0.2, 0.25) is 10.0 Å². The molecule has 0 fully saturated rings. The van der Waals surface area contributed by atoms with Gasteiger partial charge in [0.05, 0.1) is 6.61 Å². The molecule has 8 heteroatoms. The lowest BCUT2D eigenvalue weighted by atomic mass is 10.0. The van der Waals surface area contributed by atoms with Crippen molar-refractivity contribution in [1.29, 1.82) is 0 Å². The first-order valence-electron chi connectivity index (χ1n) is 10.5. The van der Waals surface area contributed by atoms with E-state index < -0.39 is 16.1 Å². The number of nitrogens with zero attached hydrogens (tertiary/aromatic N) is 2. The average molecular weight is 461 g/mol. The zero-order valence-corrected chi connectivity index (χ0v) is 19.6. The van der Waals surface area contributed by atoms with Crippen molar-refractivity contribution in [3.63, 3.8) is 0 Å². The molecule has 6 nitrogen and oxygen atoms in total. The second-order valence-corrected chi connectivity index (χ2v) is 10.3. The van der Waals surface area contributed by atoms with E-state index in [9.17, 15) is 17.9 Å². The van der Waals surface area contributed by atoms with Crippen molar-refractivity contribution in [2.45, 2.75) is 30.9 Å². The molecule has 1 heterocycles. The summed E-state index contributed by atoms with van der Waals surface area (Å²) in [5, 5.41) is 9.68. The summed E-state index contributed by atoms with van der Waals surface area (Å²) < 4.78 is 47.9. The predicted molar refractivity (Wildman–Crippen MR) is 121 cm³/mol. The van der Waals surface area contributed by atoms with E-state index in [4.69, 9.17) is 4.74 Å². The number of hydrogen-bond acceptors (Lipinski definition) is 5. The van der Waals surface area contributed by atoms with E-state index in [1.54, 1.807) is 31.2 Å². The zero-order chi connectivity index (χ0) is 23.5. The molecule has 1 aliphatic rings. The highest BCUT2D eigenvalue weighted by molar-refractivity contribution is 7.89. The molecule has 3 atom stereocenters. The summed E-state index contributed by atoms with van der Waals surface area (Å²) in [5.41, 5.74) is 1.08. The highest BCUT2D eigenvalue weighted by atomic mass is 32.2. The van der Waals surface area contributed by atoms with Crippen LogP contribution in [0.25, 0.3) is 0 Å². The Bertz CT molecular complexity index is 1120. The molecule has 0 saturated heterocycles. The second kappa shape index (κ2) is 10.0. The molecule has 2 aromatic carbocycles. The van der Waals surface area contributed by atoms with Crippen molar-refractivity contribution in [1.82, 2.24) is 9.21 Å². The monoisotopic (exact) mass is 460 g/mol. The van der Waals surface area contributed by atoms with Gasteiger partial charge in [-0.25, -0.2) is 12.8 Å². The van der Waals surface area contributed by atoms with Crippen molar-refractivity contribution in [3.05, 3.63) is 59.4 Å². The van der Waals surface area contributed by atoms with E-state index in [1.807, 2.05) is 25.9 Å². The molecule has 2 aromatic rings. The van der Waals surface area contributed by atoms with Crippen LogP contribution in [0.4, 0.5) is 4.39 Å². The lowest BCUT2D eigenvalue weighted by Crippen LogP contribution is -2.49. The van der Waals surface area contributed by atoms with Crippen LogP contribution in [0.15, 0.2) is 47.4 Å². The Morgan fingerprint density at radius 2 is 1.91 bits per heavy atom. The Balaban J connectivity index is 2.08. The molecule has 1 N–H and O–H groups in total. The standard InChI is InChI=1S/C24H29FN2O4S/c1-17-14-27(18(2)16-28)32(29,30)24-11-10-20(9-8-19-6-5-7-21(25)12-19)13-22(24)31-23(17)15-26(3)4/h5-7,10-13,17-18,23,28H,14-16H2,1-4H3/t17-,18-,23-/m1/s1. The molecule has 3 rings (SSSR count). The van der Waals surface area contributed by atoms with E-state index in [0.29, 0.717) is 17.7 Å². The number of fused-ring (bicyclic) bond motifs is 1. The van der Waals surface area contributed by atoms with E-state index in [0.717, 1.165) is 0 Å². The van der Waals surface area contributed by atoms with Crippen LogP contribution in [0, 0.1) is 23.6 Å². The number of likely N-dealkylation sites (N-methyl/N-ethyl adjacent to an activating group) is 1. The number of aliphatic hydroxyl groups excluding tert-OH is 1. The van der Waals surface area contributed by atoms with Crippen LogP contribution in [0.2, 0.25) is 0 Å². The Kier molecular flexibility index (Phi) is 7.57. The van der Waals surface area contributed by atoms with E-state index in [-0.39, 0.29) is 41.6 Å². The van der Waals surface area contributed by atoms with Gasteiger partial charge in [0.25, 0.3) is 0 Å². The average Bonchev–Trinajstić information content (AvgIpc) is 2.74. The van der Waals surface area contributed by atoms with Crippen LogP contribution in [0.3, 0.4) is 0 Å². The van der Waals surface area contributed by atoms with Gasteiger partial charge in [-0.05, 0) is 57.4 Å². The number of sulfonamides is 1. The molecular formula is C24H29FN2O4S. The third-order valence-electron chi connectivity index (χ3n) is 5.39. The first-order valence-corrected chi connectivity index (χ1v) is 11.9. The lowest BCUT2D eigenvalue weighted by molar-refractivity contribution is 0.0812. The Labute approximate surface area is 189 Å². The molecule has 0 bridgehead atoms. The van der Waals surface area contributed by atoms with E-state index >= 15 is 0 Å². The minimum Gasteiger partial charge on any atom is -0.487 e. The van der Waals surface area contributed by atoms with Gasteiger partial charge in [0.1, 0.15) is 22.6 Å². The van der Waals surface area contributed by atoms with Gasteiger partial charge < -0.3 is 14.7 Å². The maximum Gasteiger partial charge on any atom is 0.247 e. The van der Waals surface area contributed by atoms with Gasteiger partial charge in [0.15, 0.2) is 0 Å². The van der Waals surface area contributed by atoms with Crippen LogP contribution in [0.5, 0.6) is 5.75 Å². The first-order chi connectivity index (χ1) is 15.1. The van der Waals surface area contributed by atoms with Crippen molar-refractivity contribution in [3.8, 4) is 17.6 Å². The summed E-state index contributed by atoms with van der Waals surface area (Å²) in [4.78, 5) is 2.04. The van der Waals surface area contributed by atoms with Crippen molar-refractivity contribution in [2.75, 3.05) is 33.8 Å². The summed E-state index contributed by atoms with van der Waals surface area (Å²) in [7, 11) is -0.0272. The molecule has 1 aliphatic heterocycles. The topological polar surface area (TPSA) is 70.1 Å². The molecule has 0 amide bonds. The second-order valence-electron chi connectivity index (χ2n) is 8.42. The van der Waals surface area contributed by atoms with Crippen LogP contribution < -0.4 is 4.74 Å². The van der Waals surface area contributed by atoms with E-state index in [2.05, 4.69) is 11.8 Å². The number of aliphatic hydroxyl groups is 1. The molecule has 0 aromatic heterocycles. The highest BCUT2D eigenvalue weighted by Crippen LogP contribution is 2.34. The molecule has 0 unspecified atom stereocenters. The summed E-state index contributed by atoms with van der Waals surface area (Å²) in [6, 6.07) is 10.1. The Hall–Kier alpha value is -2.44. The van der Waals surface area contributed by atoms with Crippen molar-refractivity contribution < 1.29 is 22.7 Å². The van der Waals surface area contributed by atoms with Crippen LogP contribution in [-0.2, 0) is 10.0 Å².